The molecule has 5 nitrogen and oxygen atoms in total. The first-order valence-corrected chi connectivity index (χ1v) is 7.14. The highest BCUT2D eigenvalue weighted by Gasteiger charge is 2.35. The van der Waals surface area contributed by atoms with E-state index in [0.717, 1.165) is 12.1 Å². The molecule has 0 saturated heterocycles. The molecule has 2 amide bonds. The molecule has 6 heteroatoms. The SMILES string of the molecule is CNC(=O)Nc1nc2c(s1)C(=O)CC(C(C)(C)C)C2. The third-order valence-corrected chi connectivity index (χ3v) is 4.55. The van der Waals surface area contributed by atoms with Crippen LogP contribution in [0.5, 0.6) is 0 Å². The van der Waals surface area contributed by atoms with Crippen molar-refractivity contribution in [3.63, 3.8) is 0 Å². The number of anilines is 1. The lowest BCUT2D eigenvalue weighted by Crippen LogP contribution is -2.29. The zero-order valence-electron chi connectivity index (χ0n) is 11.7. The van der Waals surface area contributed by atoms with Gasteiger partial charge in [-0.2, -0.15) is 0 Å². The molecule has 0 bridgehead atoms. The molecule has 104 valence electrons. The summed E-state index contributed by atoms with van der Waals surface area (Å²) in [5.74, 6) is 0.450. The van der Waals surface area contributed by atoms with Crippen molar-refractivity contribution in [1.29, 1.82) is 0 Å². The summed E-state index contributed by atoms with van der Waals surface area (Å²) in [5.41, 5.74) is 0.915. The Balaban J connectivity index is 2.23. The standard InChI is InChI=1S/C13H19N3O2S/c1-13(2,3)7-5-8-10(9(17)6-7)19-12(15-8)16-11(18)14-4/h7H,5-6H2,1-4H3,(H2,14,15,16,18). The number of Topliss-reactive ketones (excluding diaryl/α,β-unsaturated/α-hetero) is 1. The van der Waals surface area contributed by atoms with Crippen LogP contribution in [0.25, 0.3) is 0 Å². The van der Waals surface area contributed by atoms with Gasteiger partial charge in [0.1, 0.15) is 0 Å². The van der Waals surface area contributed by atoms with E-state index < -0.39 is 0 Å². The molecular formula is C13H19N3O2S. The van der Waals surface area contributed by atoms with Crippen LogP contribution in [0.1, 0.15) is 42.6 Å². The van der Waals surface area contributed by atoms with Gasteiger partial charge in [-0.25, -0.2) is 9.78 Å². The van der Waals surface area contributed by atoms with Crippen molar-refractivity contribution < 1.29 is 9.59 Å². The first kappa shape index (κ1) is 14.0. The zero-order chi connectivity index (χ0) is 14.2. The fourth-order valence-electron chi connectivity index (χ4n) is 2.16. The molecule has 0 fully saturated rings. The summed E-state index contributed by atoms with van der Waals surface area (Å²) in [6.07, 6.45) is 1.37. The molecular weight excluding hydrogens is 262 g/mol. The predicted molar refractivity (Wildman–Crippen MR) is 75.8 cm³/mol. The first-order chi connectivity index (χ1) is 8.81. The molecule has 19 heavy (non-hydrogen) atoms. The van der Waals surface area contributed by atoms with E-state index in [9.17, 15) is 9.59 Å². The van der Waals surface area contributed by atoms with Gasteiger partial charge in [0.2, 0.25) is 0 Å². The normalized spacial score (nSPS) is 18.9. The fraction of sp³-hybridized carbons (Fsp3) is 0.615. The number of nitrogens with zero attached hydrogens (tertiary/aromatic N) is 1. The van der Waals surface area contributed by atoms with Gasteiger partial charge in [0, 0.05) is 13.5 Å². The van der Waals surface area contributed by atoms with Crippen molar-refractivity contribution in [3.05, 3.63) is 10.6 Å². The second kappa shape index (κ2) is 4.92. The van der Waals surface area contributed by atoms with Crippen LogP contribution in [0, 0.1) is 11.3 Å². The lowest BCUT2D eigenvalue weighted by molar-refractivity contribution is 0.0898. The zero-order valence-corrected chi connectivity index (χ0v) is 12.5. The van der Waals surface area contributed by atoms with Crippen LogP contribution < -0.4 is 10.6 Å². The van der Waals surface area contributed by atoms with Gasteiger partial charge < -0.3 is 5.32 Å². The second-order valence-corrected chi connectivity index (χ2v) is 6.89. The van der Waals surface area contributed by atoms with Gasteiger partial charge in [-0.1, -0.05) is 32.1 Å². The number of nitrogens with one attached hydrogen (secondary N) is 2. The van der Waals surface area contributed by atoms with Gasteiger partial charge in [0.25, 0.3) is 0 Å². The highest BCUT2D eigenvalue weighted by atomic mass is 32.1. The summed E-state index contributed by atoms with van der Waals surface area (Å²) in [7, 11) is 1.55. The van der Waals surface area contributed by atoms with E-state index in [1.165, 1.54) is 11.3 Å². The molecule has 0 saturated carbocycles. The van der Waals surface area contributed by atoms with E-state index in [-0.39, 0.29) is 17.2 Å². The Morgan fingerprint density at radius 1 is 1.37 bits per heavy atom. The summed E-state index contributed by atoms with van der Waals surface area (Å²) in [6, 6.07) is -0.314. The van der Waals surface area contributed by atoms with Crippen molar-refractivity contribution in [3.8, 4) is 0 Å². The maximum atomic E-state index is 12.2. The highest BCUT2D eigenvalue weighted by Crippen LogP contribution is 2.39. The summed E-state index contributed by atoms with van der Waals surface area (Å²) >= 11 is 1.27. The predicted octanol–water partition coefficient (Wildman–Crippen LogP) is 2.69. The number of urea groups is 1. The molecule has 2 N–H and O–H groups in total. The smallest absolute Gasteiger partial charge is 0.320 e. The number of amides is 2. The number of ketones is 1. The second-order valence-electron chi connectivity index (χ2n) is 5.89. The molecule has 1 unspecified atom stereocenters. The van der Waals surface area contributed by atoms with Gasteiger partial charge in [-0.15, -0.1) is 0 Å². The number of rotatable bonds is 1. The van der Waals surface area contributed by atoms with Gasteiger partial charge in [-0.05, 0) is 17.8 Å². The monoisotopic (exact) mass is 281 g/mol. The van der Waals surface area contributed by atoms with Gasteiger partial charge in [-0.3, -0.25) is 10.1 Å². The number of aromatic nitrogens is 1. The van der Waals surface area contributed by atoms with Crippen molar-refractivity contribution in [2.75, 3.05) is 12.4 Å². The maximum Gasteiger partial charge on any atom is 0.320 e. The molecule has 1 aliphatic carbocycles. The third kappa shape index (κ3) is 2.94. The Morgan fingerprint density at radius 3 is 2.63 bits per heavy atom. The fourth-order valence-corrected chi connectivity index (χ4v) is 3.09. The number of carbonyl (C=O) groups excluding carboxylic acids is 2. The Labute approximate surface area is 116 Å². The van der Waals surface area contributed by atoms with E-state index in [1.807, 2.05) is 0 Å². The number of thiazole rings is 1. The van der Waals surface area contributed by atoms with Crippen LogP contribution in [0.2, 0.25) is 0 Å². The number of hydrogen-bond donors (Lipinski definition) is 2. The van der Waals surface area contributed by atoms with Crippen LogP contribution in [0.15, 0.2) is 0 Å². The van der Waals surface area contributed by atoms with E-state index in [0.29, 0.717) is 22.3 Å². The van der Waals surface area contributed by atoms with E-state index in [1.54, 1.807) is 7.05 Å². The van der Waals surface area contributed by atoms with Gasteiger partial charge in [0.15, 0.2) is 10.9 Å². The van der Waals surface area contributed by atoms with Crippen LogP contribution in [-0.2, 0) is 6.42 Å². The minimum atomic E-state index is -0.314. The maximum absolute atomic E-state index is 12.2. The van der Waals surface area contributed by atoms with Crippen molar-refractivity contribution in [1.82, 2.24) is 10.3 Å². The quantitative estimate of drug-likeness (QED) is 0.831. The van der Waals surface area contributed by atoms with Gasteiger partial charge in [0.05, 0.1) is 10.6 Å². The molecule has 1 aliphatic rings. The van der Waals surface area contributed by atoms with Crippen molar-refractivity contribution >= 4 is 28.3 Å². The molecule has 1 atom stereocenters. The van der Waals surface area contributed by atoms with Gasteiger partial charge >= 0.3 is 6.03 Å². The number of carbonyl (C=O) groups is 2. The summed E-state index contributed by atoms with van der Waals surface area (Å²) in [5, 5.41) is 5.59. The lowest BCUT2D eigenvalue weighted by atomic mass is 9.73. The molecule has 2 rings (SSSR count). The first-order valence-electron chi connectivity index (χ1n) is 6.33. The molecule has 0 spiro atoms. The van der Waals surface area contributed by atoms with E-state index in [2.05, 4.69) is 36.4 Å². The topological polar surface area (TPSA) is 71.1 Å². The lowest BCUT2D eigenvalue weighted by Gasteiger charge is -2.32. The van der Waals surface area contributed by atoms with Crippen LogP contribution in [-0.4, -0.2) is 23.8 Å². The Hall–Kier alpha value is -1.43. The van der Waals surface area contributed by atoms with Crippen LogP contribution in [0.3, 0.4) is 0 Å². The molecule has 0 radical (unpaired) electrons. The minimum Gasteiger partial charge on any atom is -0.341 e. The number of hydrogen-bond acceptors (Lipinski definition) is 4. The molecule has 0 aromatic carbocycles. The Morgan fingerprint density at radius 2 is 2.05 bits per heavy atom. The largest absolute Gasteiger partial charge is 0.341 e. The van der Waals surface area contributed by atoms with Crippen molar-refractivity contribution in [2.24, 2.45) is 11.3 Å². The average molecular weight is 281 g/mol. The molecule has 1 heterocycles. The Bertz CT molecular complexity index is 516. The Kier molecular flexibility index (Phi) is 3.62. The highest BCUT2D eigenvalue weighted by molar-refractivity contribution is 7.17. The van der Waals surface area contributed by atoms with E-state index >= 15 is 0 Å². The minimum absolute atomic E-state index is 0.0886. The third-order valence-electron chi connectivity index (χ3n) is 3.49. The average Bonchev–Trinajstić information content (AvgIpc) is 2.70. The summed E-state index contributed by atoms with van der Waals surface area (Å²) in [4.78, 5) is 28.5. The van der Waals surface area contributed by atoms with E-state index in [4.69, 9.17) is 0 Å². The molecule has 0 aliphatic heterocycles. The summed E-state index contributed by atoms with van der Waals surface area (Å²) in [6.45, 7) is 6.43. The number of fused-ring (bicyclic) bond motifs is 1. The molecule has 1 aromatic heterocycles. The molecule has 1 aromatic rings. The van der Waals surface area contributed by atoms with Crippen LogP contribution >= 0.6 is 11.3 Å². The van der Waals surface area contributed by atoms with Crippen LogP contribution in [0.4, 0.5) is 9.93 Å². The summed E-state index contributed by atoms with van der Waals surface area (Å²) < 4.78 is 0. The van der Waals surface area contributed by atoms with Crippen molar-refractivity contribution in [2.45, 2.75) is 33.6 Å².